The summed E-state index contributed by atoms with van der Waals surface area (Å²) in [5, 5.41) is 8.03. The molecule has 0 radical (unpaired) electrons. The molecule has 1 amide bonds. The third-order valence-corrected chi connectivity index (χ3v) is 6.21. The molecule has 0 saturated carbocycles. The van der Waals surface area contributed by atoms with Gasteiger partial charge in [0.05, 0.1) is 5.69 Å². The molecular formula is C27H24FN3O2S. The van der Waals surface area contributed by atoms with E-state index in [4.69, 9.17) is 0 Å². The fourth-order valence-electron chi connectivity index (χ4n) is 3.42. The highest BCUT2D eigenvalue weighted by Gasteiger charge is 2.11. The molecule has 5 nitrogen and oxygen atoms in total. The summed E-state index contributed by atoms with van der Waals surface area (Å²) < 4.78 is 14.4. The molecule has 3 aromatic carbocycles. The normalized spacial score (nSPS) is 11.7. The van der Waals surface area contributed by atoms with E-state index in [0.29, 0.717) is 16.3 Å². The zero-order valence-electron chi connectivity index (χ0n) is 18.6. The van der Waals surface area contributed by atoms with Gasteiger partial charge in [-0.2, -0.15) is 9.78 Å². The SMILES string of the molecule is C[C@@H](CCc1ccccc1)NC(=O)c1ccc(-n2nc(Sc3ccc(F)cc3)ccc2=O)cc1. The minimum absolute atomic E-state index is 0.0248. The van der Waals surface area contributed by atoms with Crippen LogP contribution >= 0.6 is 11.8 Å². The van der Waals surface area contributed by atoms with Crippen LogP contribution in [0.4, 0.5) is 4.39 Å². The molecule has 0 aliphatic rings. The number of aryl methyl sites for hydroxylation is 1. The van der Waals surface area contributed by atoms with Crippen molar-refractivity contribution in [3.63, 3.8) is 0 Å². The Hall–Kier alpha value is -3.71. The largest absolute Gasteiger partial charge is 0.350 e. The molecule has 0 saturated heterocycles. The first-order valence-corrected chi connectivity index (χ1v) is 11.8. The smallest absolute Gasteiger partial charge is 0.271 e. The predicted molar refractivity (Wildman–Crippen MR) is 132 cm³/mol. The van der Waals surface area contributed by atoms with Crippen LogP contribution in [0.2, 0.25) is 0 Å². The van der Waals surface area contributed by atoms with Crippen molar-refractivity contribution >= 4 is 17.7 Å². The Kier molecular flexibility index (Phi) is 7.54. The summed E-state index contributed by atoms with van der Waals surface area (Å²) in [7, 11) is 0. The second-order valence-corrected chi connectivity index (χ2v) is 9.02. The Morgan fingerprint density at radius 2 is 1.68 bits per heavy atom. The minimum Gasteiger partial charge on any atom is -0.350 e. The lowest BCUT2D eigenvalue weighted by molar-refractivity contribution is 0.0938. The topological polar surface area (TPSA) is 64.0 Å². The van der Waals surface area contributed by atoms with Gasteiger partial charge >= 0.3 is 0 Å². The van der Waals surface area contributed by atoms with E-state index < -0.39 is 0 Å². The average molecular weight is 474 g/mol. The molecule has 1 atom stereocenters. The van der Waals surface area contributed by atoms with Gasteiger partial charge in [0.25, 0.3) is 11.5 Å². The van der Waals surface area contributed by atoms with Crippen molar-refractivity contribution in [3.05, 3.63) is 118 Å². The lowest BCUT2D eigenvalue weighted by atomic mass is 10.1. The van der Waals surface area contributed by atoms with Crippen molar-refractivity contribution in [1.82, 2.24) is 15.1 Å². The first-order valence-electron chi connectivity index (χ1n) is 11.0. The van der Waals surface area contributed by atoms with E-state index in [-0.39, 0.29) is 23.3 Å². The molecule has 4 rings (SSSR count). The number of carbonyl (C=O) groups is 1. The molecule has 0 unspecified atom stereocenters. The summed E-state index contributed by atoms with van der Waals surface area (Å²) >= 11 is 1.33. The molecule has 34 heavy (non-hydrogen) atoms. The Morgan fingerprint density at radius 3 is 2.38 bits per heavy atom. The van der Waals surface area contributed by atoms with Gasteiger partial charge in [0.15, 0.2) is 0 Å². The van der Waals surface area contributed by atoms with Crippen molar-refractivity contribution in [1.29, 1.82) is 0 Å². The Labute approximate surface area is 201 Å². The van der Waals surface area contributed by atoms with Gasteiger partial charge in [0.2, 0.25) is 0 Å². The van der Waals surface area contributed by atoms with Crippen LogP contribution in [0, 0.1) is 5.82 Å². The van der Waals surface area contributed by atoms with Crippen molar-refractivity contribution in [3.8, 4) is 5.69 Å². The highest BCUT2D eigenvalue weighted by Crippen LogP contribution is 2.25. The van der Waals surface area contributed by atoms with Crippen LogP contribution in [-0.4, -0.2) is 21.7 Å². The van der Waals surface area contributed by atoms with Gasteiger partial charge in [-0.05, 0) is 79.9 Å². The number of carbonyl (C=O) groups excluding carboxylic acids is 1. The highest BCUT2D eigenvalue weighted by molar-refractivity contribution is 7.99. The predicted octanol–water partition coefficient (Wildman–Crippen LogP) is 5.27. The van der Waals surface area contributed by atoms with Gasteiger partial charge in [0.1, 0.15) is 10.8 Å². The van der Waals surface area contributed by atoms with Crippen molar-refractivity contribution in [2.45, 2.75) is 35.7 Å². The van der Waals surface area contributed by atoms with E-state index in [1.807, 2.05) is 25.1 Å². The molecule has 7 heteroatoms. The third kappa shape index (κ3) is 6.20. The molecule has 0 bridgehead atoms. The quantitative estimate of drug-likeness (QED) is 0.379. The molecule has 1 N–H and O–H groups in total. The average Bonchev–Trinajstić information content (AvgIpc) is 2.86. The molecular weight excluding hydrogens is 449 g/mol. The first-order chi connectivity index (χ1) is 16.5. The summed E-state index contributed by atoms with van der Waals surface area (Å²) in [5.74, 6) is -0.468. The van der Waals surface area contributed by atoms with E-state index in [9.17, 15) is 14.0 Å². The van der Waals surface area contributed by atoms with Gasteiger partial charge in [-0.3, -0.25) is 9.59 Å². The number of nitrogens with one attached hydrogen (secondary N) is 1. The maximum absolute atomic E-state index is 13.1. The standard InChI is InChI=1S/C27H24FN3O2S/c1-19(7-8-20-5-3-2-4-6-20)29-27(33)21-9-13-23(14-10-21)31-26(32)18-17-25(30-31)34-24-15-11-22(28)12-16-24/h2-6,9-19H,7-8H2,1H3,(H,29,33)/t19-/m0/s1. The molecule has 1 heterocycles. The highest BCUT2D eigenvalue weighted by atomic mass is 32.2. The van der Waals surface area contributed by atoms with E-state index in [1.54, 1.807) is 42.5 Å². The van der Waals surface area contributed by atoms with Gasteiger partial charge in [-0.25, -0.2) is 4.39 Å². The van der Waals surface area contributed by atoms with Gasteiger partial charge in [-0.1, -0.05) is 42.1 Å². The Bertz CT molecular complexity index is 1310. The number of nitrogens with zero attached hydrogens (tertiary/aromatic N) is 2. The number of benzene rings is 3. The van der Waals surface area contributed by atoms with Crippen LogP contribution in [0.1, 0.15) is 29.3 Å². The Balaban J connectivity index is 1.41. The summed E-state index contributed by atoms with van der Waals surface area (Å²) in [4.78, 5) is 25.8. The van der Waals surface area contributed by atoms with E-state index in [0.717, 1.165) is 17.7 Å². The van der Waals surface area contributed by atoms with Gasteiger partial charge in [0, 0.05) is 22.6 Å². The van der Waals surface area contributed by atoms with Gasteiger partial charge < -0.3 is 5.32 Å². The minimum atomic E-state index is -0.308. The second-order valence-electron chi connectivity index (χ2n) is 7.92. The van der Waals surface area contributed by atoms with E-state index in [1.165, 1.54) is 40.2 Å². The summed E-state index contributed by atoms with van der Waals surface area (Å²) in [6.45, 7) is 1.99. The van der Waals surface area contributed by atoms with Gasteiger partial charge in [-0.15, -0.1) is 0 Å². The monoisotopic (exact) mass is 473 g/mol. The molecule has 1 aromatic heterocycles. The summed E-state index contributed by atoms with van der Waals surface area (Å²) in [5.41, 5.74) is 2.03. The maximum atomic E-state index is 13.1. The fourth-order valence-corrected chi connectivity index (χ4v) is 4.19. The molecule has 0 fully saturated rings. The van der Waals surface area contributed by atoms with Crippen LogP contribution in [0.3, 0.4) is 0 Å². The molecule has 0 spiro atoms. The van der Waals surface area contributed by atoms with E-state index in [2.05, 4.69) is 22.5 Å². The van der Waals surface area contributed by atoms with Crippen LogP contribution in [0.15, 0.2) is 106 Å². The number of halogens is 1. The van der Waals surface area contributed by atoms with Crippen LogP contribution < -0.4 is 10.9 Å². The maximum Gasteiger partial charge on any atom is 0.271 e. The zero-order chi connectivity index (χ0) is 23.9. The molecule has 4 aromatic rings. The van der Waals surface area contributed by atoms with Crippen LogP contribution in [-0.2, 0) is 6.42 Å². The van der Waals surface area contributed by atoms with Crippen molar-refractivity contribution < 1.29 is 9.18 Å². The molecule has 0 aliphatic heterocycles. The number of rotatable bonds is 8. The summed E-state index contributed by atoms with van der Waals surface area (Å²) in [6, 6.07) is 26.1. The number of hydrogen-bond donors (Lipinski definition) is 1. The zero-order valence-corrected chi connectivity index (χ0v) is 19.5. The molecule has 0 aliphatic carbocycles. The van der Waals surface area contributed by atoms with E-state index >= 15 is 0 Å². The number of amides is 1. The van der Waals surface area contributed by atoms with Crippen LogP contribution in [0.25, 0.3) is 5.69 Å². The van der Waals surface area contributed by atoms with Crippen molar-refractivity contribution in [2.75, 3.05) is 0 Å². The lowest BCUT2D eigenvalue weighted by Gasteiger charge is -2.14. The lowest BCUT2D eigenvalue weighted by Crippen LogP contribution is -2.32. The summed E-state index contributed by atoms with van der Waals surface area (Å²) in [6.07, 6.45) is 1.73. The first kappa shape index (κ1) is 23.4. The second kappa shape index (κ2) is 10.9. The Morgan fingerprint density at radius 1 is 0.971 bits per heavy atom. The third-order valence-electron chi connectivity index (χ3n) is 5.27. The fraction of sp³-hybridized carbons (Fsp3) is 0.148. The molecule has 172 valence electrons. The number of hydrogen-bond acceptors (Lipinski definition) is 4. The van der Waals surface area contributed by atoms with Crippen LogP contribution in [0.5, 0.6) is 0 Å². The number of aromatic nitrogens is 2. The van der Waals surface area contributed by atoms with Crippen molar-refractivity contribution in [2.24, 2.45) is 0 Å².